The molecule has 2 nitrogen and oxygen atoms in total. The Morgan fingerprint density at radius 3 is 1.86 bits per heavy atom. The molecule has 0 aromatic heterocycles. The Labute approximate surface area is 130 Å². The summed E-state index contributed by atoms with van der Waals surface area (Å²) in [5.74, 6) is 0. The SMILES string of the molecule is C/C=C/c1ccc(N2CCNCC2)cc1.C=CC.C=CC. The first-order chi connectivity index (χ1) is 10.2. The fraction of sp³-hybridized carbons (Fsp3) is 0.368. The zero-order valence-corrected chi connectivity index (χ0v) is 13.8. The van der Waals surface area contributed by atoms with Crippen LogP contribution in [-0.4, -0.2) is 26.2 Å². The van der Waals surface area contributed by atoms with E-state index in [1.54, 1.807) is 12.2 Å². The molecule has 0 atom stereocenters. The summed E-state index contributed by atoms with van der Waals surface area (Å²) in [6.45, 7) is 17.0. The van der Waals surface area contributed by atoms with E-state index in [4.69, 9.17) is 0 Å². The van der Waals surface area contributed by atoms with Crippen LogP contribution >= 0.6 is 0 Å². The topological polar surface area (TPSA) is 15.3 Å². The highest BCUT2D eigenvalue weighted by Crippen LogP contribution is 2.16. The number of hydrogen-bond donors (Lipinski definition) is 1. The van der Waals surface area contributed by atoms with Crippen molar-refractivity contribution in [3.05, 3.63) is 61.2 Å². The summed E-state index contributed by atoms with van der Waals surface area (Å²) < 4.78 is 0. The van der Waals surface area contributed by atoms with Crippen molar-refractivity contribution in [1.82, 2.24) is 5.32 Å². The van der Waals surface area contributed by atoms with Crippen molar-refractivity contribution in [2.45, 2.75) is 20.8 Å². The molecule has 116 valence electrons. The lowest BCUT2D eigenvalue weighted by molar-refractivity contribution is 0.589. The first-order valence-electron chi connectivity index (χ1n) is 7.56. The maximum Gasteiger partial charge on any atom is 0.0367 e. The quantitative estimate of drug-likeness (QED) is 0.804. The normalized spacial score (nSPS) is 13.6. The van der Waals surface area contributed by atoms with E-state index in [2.05, 4.69) is 59.8 Å². The van der Waals surface area contributed by atoms with Crippen LogP contribution in [0.2, 0.25) is 0 Å². The number of anilines is 1. The average Bonchev–Trinajstić information content (AvgIpc) is 2.51. The van der Waals surface area contributed by atoms with Gasteiger partial charge >= 0.3 is 0 Å². The maximum atomic E-state index is 3.36. The number of benzene rings is 1. The van der Waals surface area contributed by atoms with E-state index in [-0.39, 0.29) is 0 Å². The van der Waals surface area contributed by atoms with Crippen molar-refractivity contribution in [3.8, 4) is 0 Å². The molecule has 1 aliphatic rings. The summed E-state index contributed by atoms with van der Waals surface area (Å²) in [7, 11) is 0. The number of hydrogen-bond acceptors (Lipinski definition) is 2. The summed E-state index contributed by atoms with van der Waals surface area (Å²) in [5.41, 5.74) is 2.61. The molecular formula is C19H30N2. The second-order valence-electron chi connectivity index (χ2n) is 4.65. The molecule has 0 aliphatic carbocycles. The highest BCUT2D eigenvalue weighted by Gasteiger charge is 2.09. The van der Waals surface area contributed by atoms with Gasteiger partial charge in [0.2, 0.25) is 0 Å². The molecule has 21 heavy (non-hydrogen) atoms. The zero-order chi connectivity index (χ0) is 15.9. The van der Waals surface area contributed by atoms with E-state index >= 15 is 0 Å². The van der Waals surface area contributed by atoms with Gasteiger partial charge in [0.1, 0.15) is 0 Å². The third kappa shape index (κ3) is 8.87. The van der Waals surface area contributed by atoms with E-state index in [0.29, 0.717) is 0 Å². The number of allylic oxidation sites excluding steroid dienone is 3. The van der Waals surface area contributed by atoms with Crippen LogP contribution in [-0.2, 0) is 0 Å². The summed E-state index contributed by atoms with van der Waals surface area (Å²) in [6.07, 6.45) is 7.70. The molecule has 1 N–H and O–H groups in total. The number of nitrogens with one attached hydrogen (secondary N) is 1. The van der Waals surface area contributed by atoms with E-state index in [1.807, 2.05) is 20.8 Å². The van der Waals surface area contributed by atoms with Gasteiger partial charge in [-0.25, -0.2) is 0 Å². The fourth-order valence-corrected chi connectivity index (χ4v) is 1.91. The van der Waals surface area contributed by atoms with Crippen molar-refractivity contribution >= 4 is 11.8 Å². The molecule has 1 aromatic rings. The van der Waals surface area contributed by atoms with Gasteiger partial charge < -0.3 is 10.2 Å². The van der Waals surface area contributed by atoms with Gasteiger partial charge in [0.05, 0.1) is 0 Å². The van der Waals surface area contributed by atoms with Gasteiger partial charge in [-0.2, -0.15) is 0 Å². The van der Waals surface area contributed by atoms with Crippen LogP contribution in [0, 0.1) is 0 Å². The lowest BCUT2D eigenvalue weighted by Crippen LogP contribution is -2.43. The van der Waals surface area contributed by atoms with Crippen LogP contribution in [0.1, 0.15) is 26.3 Å². The molecule has 1 aromatic carbocycles. The van der Waals surface area contributed by atoms with Crippen molar-refractivity contribution in [3.63, 3.8) is 0 Å². The molecule has 1 saturated heterocycles. The van der Waals surface area contributed by atoms with Crippen molar-refractivity contribution < 1.29 is 0 Å². The number of rotatable bonds is 2. The van der Waals surface area contributed by atoms with E-state index in [9.17, 15) is 0 Å². The smallest absolute Gasteiger partial charge is 0.0367 e. The third-order valence-corrected chi connectivity index (χ3v) is 2.73. The monoisotopic (exact) mass is 286 g/mol. The van der Waals surface area contributed by atoms with Crippen LogP contribution in [0.25, 0.3) is 6.08 Å². The first-order valence-corrected chi connectivity index (χ1v) is 7.56. The Balaban J connectivity index is 0.000000578. The largest absolute Gasteiger partial charge is 0.369 e. The van der Waals surface area contributed by atoms with E-state index in [0.717, 1.165) is 26.2 Å². The first kappa shape index (κ1) is 19.2. The Bertz CT molecular complexity index is 392. The van der Waals surface area contributed by atoms with Gasteiger partial charge in [0.25, 0.3) is 0 Å². The van der Waals surface area contributed by atoms with E-state index < -0.39 is 0 Å². The lowest BCUT2D eigenvalue weighted by atomic mass is 10.1. The summed E-state index contributed by atoms with van der Waals surface area (Å²) in [6, 6.07) is 8.77. The number of nitrogens with zero attached hydrogens (tertiary/aromatic N) is 1. The standard InChI is InChI=1S/C13H18N2.2C3H6/c1-2-3-12-4-6-13(7-5-12)15-10-8-14-9-11-15;2*1-3-2/h2-7,14H,8-11H2,1H3;2*3H,1H2,2H3/b3-2+;;. The molecule has 0 bridgehead atoms. The van der Waals surface area contributed by atoms with Gasteiger partial charge in [-0.15, -0.1) is 13.2 Å². The molecule has 2 heteroatoms. The Hall–Kier alpha value is -1.80. The van der Waals surface area contributed by atoms with Crippen molar-refractivity contribution in [1.29, 1.82) is 0 Å². The fourth-order valence-electron chi connectivity index (χ4n) is 1.91. The molecule has 0 saturated carbocycles. The molecule has 0 unspecified atom stereocenters. The minimum atomic E-state index is 1.09. The van der Waals surface area contributed by atoms with Gasteiger partial charge in [-0.05, 0) is 38.5 Å². The van der Waals surface area contributed by atoms with Crippen LogP contribution < -0.4 is 10.2 Å². The summed E-state index contributed by atoms with van der Waals surface area (Å²) in [5, 5.41) is 3.36. The molecule has 0 spiro atoms. The van der Waals surface area contributed by atoms with Gasteiger partial charge in [-0.1, -0.05) is 36.4 Å². The Kier molecular flexibility index (Phi) is 12.1. The predicted octanol–water partition coefficient (Wildman–Crippen LogP) is 4.51. The third-order valence-electron chi connectivity index (χ3n) is 2.73. The summed E-state index contributed by atoms with van der Waals surface area (Å²) >= 11 is 0. The van der Waals surface area contributed by atoms with Crippen LogP contribution in [0.3, 0.4) is 0 Å². The van der Waals surface area contributed by atoms with Crippen molar-refractivity contribution in [2.75, 3.05) is 31.1 Å². The number of piperazine rings is 1. The van der Waals surface area contributed by atoms with Crippen molar-refractivity contribution in [2.24, 2.45) is 0 Å². The molecule has 1 aliphatic heterocycles. The van der Waals surface area contributed by atoms with Gasteiger partial charge in [0, 0.05) is 31.9 Å². The van der Waals surface area contributed by atoms with Gasteiger partial charge in [0.15, 0.2) is 0 Å². The highest BCUT2D eigenvalue weighted by molar-refractivity contribution is 5.55. The van der Waals surface area contributed by atoms with Crippen LogP contribution in [0.5, 0.6) is 0 Å². The molecule has 0 radical (unpaired) electrons. The Morgan fingerprint density at radius 2 is 1.43 bits per heavy atom. The molecule has 1 heterocycles. The second kappa shape index (κ2) is 13.2. The molecular weight excluding hydrogens is 256 g/mol. The van der Waals surface area contributed by atoms with Crippen LogP contribution in [0.4, 0.5) is 5.69 Å². The maximum absolute atomic E-state index is 3.36. The predicted molar refractivity (Wildman–Crippen MR) is 98.0 cm³/mol. The zero-order valence-electron chi connectivity index (χ0n) is 13.8. The lowest BCUT2D eigenvalue weighted by Gasteiger charge is -2.29. The van der Waals surface area contributed by atoms with E-state index in [1.165, 1.54) is 11.3 Å². The van der Waals surface area contributed by atoms with Gasteiger partial charge in [-0.3, -0.25) is 0 Å². The Morgan fingerprint density at radius 1 is 0.952 bits per heavy atom. The molecule has 2 rings (SSSR count). The second-order valence-corrected chi connectivity index (χ2v) is 4.65. The minimum Gasteiger partial charge on any atom is -0.369 e. The summed E-state index contributed by atoms with van der Waals surface area (Å²) in [4.78, 5) is 2.43. The highest BCUT2D eigenvalue weighted by atomic mass is 15.2. The van der Waals surface area contributed by atoms with Crippen LogP contribution in [0.15, 0.2) is 55.7 Å². The minimum absolute atomic E-state index is 1.09. The molecule has 0 amide bonds. The average molecular weight is 286 g/mol. The molecule has 1 fully saturated rings.